The first-order chi connectivity index (χ1) is 17.3. The maximum Gasteiger partial charge on any atom is 0.153 e. The van der Waals surface area contributed by atoms with E-state index in [9.17, 15) is 4.79 Å². The Labute approximate surface area is 205 Å². The summed E-state index contributed by atoms with van der Waals surface area (Å²) in [4.78, 5) is 12.2. The summed E-state index contributed by atoms with van der Waals surface area (Å²) in [5, 5.41) is 0. The van der Waals surface area contributed by atoms with E-state index in [-0.39, 0.29) is 0 Å². The molecule has 1 aromatic heterocycles. The molecule has 0 bridgehead atoms. The molecule has 0 aliphatic heterocycles. The van der Waals surface area contributed by atoms with Crippen molar-refractivity contribution in [1.29, 1.82) is 0 Å². The largest absolute Gasteiger partial charge is 0.455 e. The summed E-state index contributed by atoms with van der Waals surface area (Å²) < 4.78 is 6.52. The summed E-state index contributed by atoms with van der Waals surface area (Å²) in [5.74, 6) is 1.20. The van der Waals surface area contributed by atoms with Crippen molar-refractivity contribution < 1.29 is 9.21 Å². The van der Waals surface area contributed by atoms with Gasteiger partial charge in [0.1, 0.15) is 11.5 Å². The van der Waals surface area contributed by atoms with Crippen LogP contribution in [0, 0.1) is 0 Å². The van der Waals surface area contributed by atoms with E-state index < -0.39 is 0 Å². The molecule has 0 aliphatic rings. The SMILES string of the molecule is O=Cc1cc(/C(=C/c2ccccc2)c2ccccc2)oc1/C(=C/c1ccccc1)c1ccccc1. The third-order valence-electron chi connectivity index (χ3n) is 5.79. The van der Waals surface area contributed by atoms with E-state index in [1.165, 1.54) is 0 Å². The monoisotopic (exact) mass is 452 g/mol. The Hall–Kier alpha value is -4.69. The number of hydrogen-bond donors (Lipinski definition) is 0. The van der Waals surface area contributed by atoms with Crippen molar-refractivity contribution >= 4 is 29.6 Å². The minimum atomic E-state index is 0.515. The molecule has 5 rings (SSSR count). The van der Waals surface area contributed by atoms with E-state index in [2.05, 4.69) is 36.4 Å². The van der Waals surface area contributed by atoms with Gasteiger partial charge in [-0.25, -0.2) is 0 Å². The molecule has 0 aliphatic carbocycles. The molecule has 168 valence electrons. The maximum atomic E-state index is 12.2. The van der Waals surface area contributed by atoms with Gasteiger partial charge in [-0.3, -0.25) is 4.79 Å². The van der Waals surface area contributed by atoms with Gasteiger partial charge >= 0.3 is 0 Å². The zero-order valence-corrected chi connectivity index (χ0v) is 19.2. The second-order valence-corrected chi connectivity index (χ2v) is 8.18. The molecule has 0 unspecified atom stereocenters. The van der Waals surface area contributed by atoms with E-state index in [0.717, 1.165) is 39.7 Å². The molecule has 0 amide bonds. The van der Waals surface area contributed by atoms with Gasteiger partial charge in [-0.15, -0.1) is 0 Å². The third-order valence-corrected chi connectivity index (χ3v) is 5.79. The van der Waals surface area contributed by atoms with Crippen molar-refractivity contribution in [1.82, 2.24) is 0 Å². The van der Waals surface area contributed by atoms with Gasteiger partial charge in [-0.2, -0.15) is 0 Å². The normalized spacial score (nSPS) is 11.9. The molecule has 2 nitrogen and oxygen atoms in total. The molecule has 0 N–H and O–H groups in total. The summed E-state index contributed by atoms with van der Waals surface area (Å²) in [6.07, 6.45) is 5.03. The zero-order chi connectivity index (χ0) is 23.9. The Morgan fingerprint density at radius 1 is 0.543 bits per heavy atom. The van der Waals surface area contributed by atoms with Gasteiger partial charge in [0.2, 0.25) is 0 Å². The summed E-state index contributed by atoms with van der Waals surface area (Å²) in [5.41, 5.74) is 6.37. The molecule has 0 fully saturated rings. The van der Waals surface area contributed by atoms with Crippen molar-refractivity contribution in [3.8, 4) is 0 Å². The average Bonchev–Trinajstić information content (AvgIpc) is 3.36. The highest BCUT2D eigenvalue weighted by Gasteiger charge is 2.19. The Kier molecular flexibility index (Phi) is 6.63. The summed E-state index contributed by atoms with van der Waals surface area (Å²) in [6.45, 7) is 0. The fourth-order valence-corrected chi connectivity index (χ4v) is 4.08. The van der Waals surface area contributed by atoms with Crippen LogP contribution >= 0.6 is 0 Å². The molecule has 0 spiro atoms. The molecule has 0 saturated heterocycles. The van der Waals surface area contributed by atoms with Crippen molar-refractivity contribution in [2.24, 2.45) is 0 Å². The Balaban J connectivity index is 1.70. The molecule has 0 radical (unpaired) electrons. The summed E-state index contributed by atoms with van der Waals surface area (Å²) in [6, 6.07) is 42.1. The molecule has 35 heavy (non-hydrogen) atoms. The Morgan fingerprint density at radius 3 is 1.46 bits per heavy atom. The van der Waals surface area contributed by atoms with Crippen LogP contribution in [0.4, 0.5) is 0 Å². The predicted octanol–water partition coefficient (Wildman–Crippen LogP) is 8.27. The first-order valence-corrected chi connectivity index (χ1v) is 11.6. The molecule has 4 aromatic carbocycles. The lowest BCUT2D eigenvalue weighted by Gasteiger charge is -2.08. The van der Waals surface area contributed by atoms with Crippen LogP contribution in [-0.2, 0) is 0 Å². The lowest BCUT2D eigenvalue weighted by Crippen LogP contribution is -1.90. The van der Waals surface area contributed by atoms with Gasteiger partial charge in [0.25, 0.3) is 0 Å². The van der Waals surface area contributed by atoms with Crippen molar-refractivity contribution in [2.45, 2.75) is 0 Å². The molecular formula is C33H24O2. The molecule has 1 heterocycles. The van der Waals surface area contributed by atoms with Gasteiger partial charge in [0.05, 0.1) is 5.56 Å². The lowest BCUT2D eigenvalue weighted by atomic mass is 9.98. The number of carbonyl (C=O) groups excluding carboxylic acids is 1. The van der Waals surface area contributed by atoms with Crippen LogP contribution in [0.3, 0.4) is 0 Å². The van der Waals surface area contributed by atoms with E-state index in [4.69, 9.17) is 4.42 Å². The molecule has 0 saturated carbocycles. The minimum Gasteiger partial charge on any atom is -0.455 e. The Morgan fingerprint density at radius 2 is 0.971 bits per heavy atom. The number of aldehydes is 1. The molecule has 0 atom stereocenters. The van der Waals surface area contributed by atoms with Gasteiger partial charge in [0, 0.05) is 11.1 Å². The van der Waals surface area contributed by atoms with Crippen LogP contribution in [0.1, 0.15) is 44.1 Å². The predicted molar refractivity (Wildman–Crippen MR) is 144 cm³/mol. The van der Waals surface area contributed by atoms with Crippen LogP contribution < -0.4 is 0 Å². The Bertz CT molecular complexity index is 1460. The van der Waals surface area contributed by atoms with E-state index in [1.807, 2.05) is 103 Å². The van der Waals surface area contributed by atoms with Crippen molar-refractivity contribution in [2.75, 3.05) is 0 Å². The van der Waals surface area contributed by atoms with Crippen LogP contribution in [0.2, 0.25) is 0 Å². The number of hydrogen-bond acceptors (Lipinski definition) is 2. The van der Waals surface area contributed by atoms with E-state index in [0.29, 0.717) is 17.1 Å². The van der Waals surface area contributed by atoms with Crippen LogP contribution in [0.25, 0.3) is 23.3 Å². The fourth-order valence-electron chi connectivity index (χ4n) is 4.08. The topological polar surface area (TPSA) is 30.2 Å². The maximum absolute atomic E-state index is 12.2. The van der Waals surface area contributed by atoms with E-state index >= 15 is 0 Å². The number of rotatable bonds is 7. The van der Waals surface area contributed by atoms with Gasteiger partial charge < -0.3 is 4.42 Å². The quantitative estimate of drug-likeness (QED) is 0.184. The summed E-state index contributed by atoms with van der Waals surface area (Å²) in [7, 11) is 0. The zero-order valence-electron chi connectivity index (χ0n) is 19.2. The number of carbonyl (C=O) groups is 1. The third kappa shape index (κ3) is 5.13. The van der Waals surface area contributed by atoms with Crippen LogP contribution in [-0.4, -0.2) is 6.29 Å². The number of benzene rings is 4. The lowest BCUT2D eigenvalue weighted by molar-refractivity contribution is 0.112. The highest BCUT2D eigenvalue weighted by Crippen LogP contribution is 2.35. The molecule has 5 aromatic rings. The highest BCUT2D eigenvalue weighted by atomic mass is 16.3. The fraction of sp³-hybridized carbons (Fsp3) is 0. The van der Waals surface area contributed by atoms with Crippen molar-refractivity contribution in [3.05, 3.63) is 167 Å². The minimum absolute atomic E-state index is 0.515. The average molecular weight is 453 g/mol. The van der Waals surface area contributed by atoms with E-state index in [1.54, 1.807) is 0 Å². The standard InChI is InChI=1S/C33H24O2/c34-24-29-23-32(30(27-17-9-3-10-18-27)21-25-13-5-1-6-14-25)35-33(29)31(28-19-11-4-12-20-28)22-26-15-7-2-8-16-26/h1-24H/b30-21+,31-22+. The second kappa shape index (κ2) is 10.5. The van der Waals surface area contributed by atoms with Crippen LogP contribution in [0.15, 0.2) is 132 Å². The van der Waals surface area contributed by atoms with Gasteiger partial charge in [-0.05, 0) is 40.5 Å². The van der Waals surface area contributed by atoms with Crippen LogP contribution in [0.5, 0.6) is 0 Å². The molecule has 2 heteroatoms. The smallest absolute Gasteiger partial charge is 0.153 e. The number of furan rings is 1. The first-order valence-electron chi connectivity index (χ1n) is 11.6. The van der Waals surface area contributed by atoms with Gasteiger partial charge in [0.15, 0.2) is 6.29 Å². The molecular weight excluding hydrogens is 428 g/mol. The summed E-state index contributed by atoms with van der Waals surface area (Å²) >= 11 is 0. The first kappa shape index (κ1) is 22.1. The van der Waals surface area contributed by atoms with Crippen molar-refractivity contribution in [3.63, 3.8) is 0 Å². The second-order valence-electron chi connectivity index (χ2n) is 8.18. The van der Waals surface area contributed by atoms with Gasteiger partial charge in [-0.1, -0.05) is 121 Å². The highest BCUT2D eigenvalue weighted by molar-refractivity contribution is 5.98.